The third-order valence-corrected chi connectivity index (χ3v) is 4.81. The van der Waals surface area contributed by atoms with Crippen LogP contribution in [-0.2, 0) is 24.1 Å². The van der Waals surface area contributed by atoms with Gasteiger partial charge in [0, 0.05) is 23.3 Å². The molecule has 0 radical (unpaired) electrons. The third-order valence-electron chi connectivity index (χ3n) is 4.59. The zero-order valence-electron chi connectivity index (χ0n) is 16.8. The molecule has 30 heavy (non-hydrogen) atoms. The molecule has 6 heteroatoms. The van der Waals surface area contributed by atoms with Crippen LogP contribution in [0.5, 0.6) is 11.5 Å². The molecule has 0 aliphatic rings. The van der Waals surface area contributed by atoms with Crippen molar-refractivity contribution in [3.63, 3.8) is 0 Å². The highest BCUT2D eigenvalue weighted by molar-refractivity contribution is 6.30. The van der Waals surface area contributed by atoms with Crippen LogP contribution in [0.1, 0.15) is 22.4 Å². The fraction of sp³-hybridized carbons (Fsp3) is 0.250. The summed E-state index contributed by atoms with van der Waals surface area (Å²) in [5.74, 6) is 0.392. The second kappa shape index (κ2) is 10.6. The van der Waals surface area contributed by atoms with Crippen molar-refractivity contribution in [2.24, 2.45) is 0 Å². The fourth-order valence-electron chi connectivity index (χ4n) is 3.21. The Bertz CT molecular complexity index is 992. The summed E-state index contributed by atoms with van der Waals surface area (Å²) in [6.45, 7) is 2.04. The van der Waals surface area contributed by atoms with E-state index >= 15 is 0 Å². The molecule has 1 heterocycles. The number of halogens is 1. The van der Waals surface area contributed by atoms with Crippen molar-refractivity contribution in [3.05, 3.63) is 88.2 Å². The van der Waals surface area contributed by atoms with E-state index in [0.29, 0.717) is 23.8 Å². The van der Waals surface area contributed by atoms with Crippen molar-refractivity contribution in [2.45, 2.75) is 26.2 Å². The highest BCUT2D eigenvalue weighted by Crippen LogP contribution is 2.29. The molecule has 0 saturated carbocycles. The van der Waals surface area contributed by atoms with Crippen LogP contribution in [0.2, 0.25) is 5.02 Å². The number of hydrogen-bond acceptors (Lipinski definition) is 4. The van der Waals surface area contributed by atoms with Crippen molar-refractivity contribution in [2.75, 3.05) is 13.2 Å². The molecule has 0 aliphatic heterocycles. The molecule has 1 N–H and O–H groups in total. The predicted molar refractivity (Wildman–Crippen MR) is 117 cm³/mol. The molecule has 5 nitrogen and oxygen atoms in total. The molecule has 156 valence electrons. The molecule has 0 saturated heterocycles. The van der Waals surface area contributed by atoms with Gasteiger partial charge in [-0.25, -0.2) is 4.79 Å². The number of ether oxygens (including phenoxy) is 2. The summed E-state index contributed by atoms with van der Waals surface area (Å²) in [5, 5.41) is 9.53. The van der Waals surface area contributed by atoms with Crippen LogP contribution in [-0.4, -0.2) is 29.3 Å². The van der Waals surface area contributed by atoms with Gasteiger partial charge in [-0.2, -0.15) is 0 Å². The van der Waals surface area contributed by atoms with Crippen molar-refractivity contribution < 1.29 is 19.4 Å². The van der Waals surface area contributed by atoms with Gasteiger partial charge < -0.3 is 14.6 Å². The summed E-state index contributed by atoms with van der Waals surface area (Å²) in [4.78, 5) is 15.2. The lowest BCUT2D eigenvalue weighted by molar-refractivity contribution is -0.139. The zero-order chi connectivity index (χ0) is 21.3. The lowest BCUT2D eigenvalue weighted by atomic mass is 10.0. The predicted octanol–water partition coefficient (Wildman–Crippen LogP) is 4.91. The lowest BCUT2D eigenvalue weighted by Crippen LogP contribution is -2.11. The number of benzene rings is 2. The first kappa shape index (κ1) is 21.7. The summed E-state index contributed by atoms with van der Waals surface area (Å²) in [6, 6.07) is 17.4. The van der Waals surface area contributed by atoms with Gasteiger partial charge in [0.15, 0.2) is 6.61 Å². The van der Waals surface area contributed by atoms with E-state index < -0.39 is 5.97 Å². The molecule has 0 atom stereocenters. The van der Waals surface area contributed by atoms with Crippen molar-refractivity contribution in [1.82, 2.24) is 4.98 Å². The average Bonchev–Trinajstić information content (AvgIpc) is 2.72. The quantitative estimate of drug-likeness (QED) is 0.499. The number of nitrogens with zero attached hydrogens (tertiary/aromatic N) is 1. The maximum absolute atomic E-state index is 10.9. The van der Waals surface area contributed by atoms with Crippen LogP contribution in [0.4, 0.5) is 0 Å². The molecule has 0 fully saturated rings. The van der Waals surface area contributed by atoms with Gasteiger partial charge in [0.25, 0.3) is 0 Å². The Balaban J connectivity index is 1.62. The number of carboxylic acids is 1. The van der Waals surface area contributed by atoms with E-state index in [0.717, 1.165) is 41.0 Å². The molecule has 0 unspecified atom stereocenters. The molecule has 0 bridgehead atoms. The van der Waals surface area contributed by atoms with Gasteiger partial charge in [-0.1, -0.05) is 29.8 Å². The SMILES string of the molecule is Cc1cc(Cl)cc(CCc2cccc(OCCc3ccccn3)c2)c1OCC(=O)O. The molecule has 0 spiro atoms. The normalized spacial score (nSPS) is 10.6. The van der Waals surface area contributed by atoms with E-state index in [1.165, 1.54) is 0 Å². The van der Waals surface area contributed by atoms with Crippen LogP contribution < -0.4 is 9.47 Å². The largest absolute Gasteiger partial charge is 0.493 e. The highest BCUT2D eigenvalue weighted by Gasteiger charge is 2.11. The van der Waals surface area contributed by atoms with E-state index in [9.17, 15) is 4.79 Å². The molecular weight excluding hydrogens is 402 g/mol. The molecule has 2 aromatic carbocycles. The van der Waals surface area contributed by atoms with Crippen LogP contribution in [0.3, 0.4) is 0 Å². The van der Waals surface area contributed by atoms with Gasteiger partial charge in [0.1, 0.15) is 11.5 Å². The lowest BCUT2D eigenvalue weighted by Gasteiger charge is -2.14. The minimum absolute atomic E-state index is 0.380. The summed E-state index contributed by atoms with van der Waals surface area (Å²) in [7, 11) is 0. The molecule has 3 aromatic rings. The van der Waals surface area contributed by atoms with E-state index in [1.54, 1.807) is 12.3 Å². The number of aromatic nitrogens is 1. The fourth-order valence-corrected chi connectivity index (χ4v) is 3.51. The molecule has 0 amide bonds. The van der Waals surface area contributed by atoms with Gasteiger partial charge in [-0.3, -0.25) is 4.98 Å². The number of aliphatic carboxylic acids is 1. The minimum atomic E-state index is -1.01. The van der Waals surface area contributed by atoms with Crippen molar-refractivity contribution in [1.29, 1.82) is 0 Å². The van der Waals surface area contributed by atoms with Gasteiger partial charge in [0.2, 0.25) is 0 Å². The Morgan fingerprint density at radius 1 is 1.03 bits per heavy atom. The van der Waals surface area contributed by atoms with Crippen molar-refractivity contribution in [3.8, 4) is 11.5 Å². The smallest absolute Gasteiger partial charge is 0.341 e. The molecule has 1 aromatic heterocycles. The van der Waals surface area contributed by atoms with Gasteiger partial charge in [-0.05, 0) is 72.9 Å². The Hall–Kier alpha value is -3.05. The maximum atomic E-state index is 10.9. The van der Waals surface area contributed by atoms with E-state index in [-0.39, 0.29) is 6.61 Å². The number of carbonyl (C=O) groups is 1. The summed E-state index contributed by atoms with van der Waals surface area (Å²) in [6.07, 6.45) is 3.95. The van der Waals surface area contributed by atoms with Gasteiger partial charge in [0.05, 0.1) is 6.61 Å². The topological polar surface area (TPSA) is 68.7 Å². The number of rotatable bonds is 10. The second-order valence-electron chi connectivity index (χ2n) is 6.96. The molecular formula is C24H24ClNO4. The number of hydrogen-bond donors (Lipinski definition) is 1. The molecule has 3 rings (SSSR count). The standard InChI is InChI=1S/C24H24ClNO4/c1-17-13-20(25)15-19(24(17)30-16-23(27)28)9-8-18-5-4-7-22(14-18)29-12-10-21-6-2-3-11-26-21/h2-7,11,13-15H,8-10,12,16H2,1H3,(H,27,28). The van der Waals surface area contributed by atoms with Gasteiger partial charge >= 0.3 is 5.97 Å². The first-order valence-electron chi connectivity index (χ1n) is 9.76. The first-order chi connectivity index (χ1) is 14.5. The Labute approximate surface area is 181 Å². The Kier molecular flexibility index (Phi) is 7.69. The minimum Gasteiger partial charge on any atom is -0.493 e. The first-order valence-corrected chi connectivity index (χ1v) is 10.1. The van der Waals surface area contributed by atoms with Gasteiger partial charge in [-0.15, -0.1) is 0 Å². The second-order valence-corrected chi connectivity index (χ2v) is 7.40. The Morgan fingerprint density at radius 2 is 1.90 bits per heavy atom. The number of carboxylic acid groups (broad SMARTS) is 1. The summed E-state index contributed by atoms with van der Waals surface area (Å²) >= 11 is 6.20. The third kappa shape index (κ3) is 6.49. The van der Waals surface area contributed by atoms with Crippen LogP contribution in [0, 0.1) is 6.92 Å². The zero-order valence-corrected chi connectivity index (χ0v) is 17.6. The molecule has 0 aliphatic carbocycles. The van der Waals surface area contributed by atoms with Crippen molar-refractivity contribution >= 4 is 17.6 Å². The summed E-state index contributed by atoms with van der Waals surface area (Å²) in [5.41, 5.74) is 3.83. The van der Waals surface area contributed by atoms with E-state index in [1.807, 2.05) is 55.5 Å². The van der Waals surface area contributed by atoms with Crippen LogP contribution in [0.15, 0.2) is 60.8 Å². The highest BCUT2D eigenvalue weighted by atomic mass is 35.5. The van der Waals surface area contributed by atoms with E-state index in [2.05, 4.69) is 4.98 Å². The number of pyridine rings is 1. The van der Waals surface area contributed by atoms with Crippen LogP contribution in [0.25, 0.3) is 0 Å². The van der Waals surface area contributed by atoms with Crippen LogP contribution >= 0.6 is 11.6 Å². The Morgan fingerprint density at radius 3 is 2.67 bits per heavy atom. The summed E-state index contributed by atoms with van der Waals surface area (Å²) < 4.78 is 11.4. The maximum Gasteiger partial charge on any atom is 0.341 e. The average molecular weight is 426 g/mol. The monoisotopic (exact) mass is 425 g/mol. The number of aryl methyl sites for hydroxylation is 3. The van der Waals surface area contributed by atoms with E-state index in [4.69, 9.17) is 26.2 Å².